The van der Waals surface area contributed by atoms with E-state index in [9.17, 15) is 18.0 Å². The fourth-order valence-electron chi connectivity index (χ4n) is 1.36. The maximum atomic E-state index is 11.8. The SMILES string of the molecule is O=C(NCc1nnc2ccccn12)OCC(F)(F)F. The highest BCUT2D eigenvalue weighted by atomic mass is 19.4. The Kier molecular flexibility index (Phi) is 3.54. The molecule has 1 N–H and O–H groups in total. The third-order valence-electron chi connectivity index (χ3n) is 2.14. The van der Waals surface area contributed by atoms with Crippen molar-refractivity contribution in [3.8, 4) is 0 Å². The molecule has 0 unspecified atom stereocenters. The summed E-state index contributed by atoms with van der Waals surface area (Å²) in [7, 11) is 0. The Morgan fingerprint density at radius 1 is 1.37 bits per heavy atom. The molecule has 9 heteroatoms. The van der Waals surface area contributed by atoms with Gasteiger partial charge in [0, 0.05) is 6.20 Å². The second-order valence-corrected chi connectivity index (χ2v) is 3.59. The molecular weight excluding hydrogens is 265 g/mol. The normalized spacial score (nSPS) is 11.5. The third kappa shape index (κ3) is 3.57. The summed E-state index contributed by atoms with van der Waals surface area (Å²) in [6.07, 6.45) is -4.03. The molecule has 0 fully saturated rings. The van der Waals surface area contributed by atoms with Crippen LogP contribution in [0.2, 0.25) is 0 Å². The first-order valence-corrected chi connectivity index (χ1v) is 5.22. The van der Waals surface area contributed by atoms with Crippen molar-refractivity contribution in [2.45, 2.75) is 12.7 Å². The number of hydrogen-bond acceptors (Lipinski definition) is 4. The molecule has 0 aliphatic carbocycles. The van der Waals surface area contributed by atoms with E-state index in [-0.39, 0.29) is 6.54 Å². The Hall–Kier alpha value is -2.32. The molecule has 0 saturated carbocycles. The Balaban J connectivity index is 1.90. The first-order chi connectivity index (χ1) is 8.96. The number of alkyl carbamates (subject to hydrolysis) is 1. The Morgan fingerprint density at radius 3 is 2.89 bits per heavy atom. The van der Waals surface area contributed by atoms with Crippen LogP contribution in [0.5, 0.6) is 0 Å². The van der Waals surface area contributed by atoms with E-state index in [2.05, 4.69) is 20.3 Å². The second kappa shape index (κ2) is 5.12. The van der Waals surface area contributed by atoms with E-state index in [1.165, 1.54) is 0 Å². The van der Waals surface area contributed by atoms with Crippen molar-refractivity contribution in [1.29, 1.82) is 0 Å². The van der Waals surface area contributed by atoms with E-state index >= 15 is 0 Å². The van der Waals surface area contributed by atoms with E-state index in [4.69, 9.17) is 0 Å². The molecule has 102 valence electrons. The number of nitrogens with one attached hydrogen (secondary N) is 1. The van der Waals surface area contributed by atoms with E-state index in [0.717, 1.165) is 0 Å². The summed E-state index contributed by atoms with van der Waals surface area (Å²) >= 11 is 0. The molecule has 2 aromatic rings. The molecule has 0 saturated heterocycles. The third-order valence-corrected chi connectivity index (χ3v) is 2.14. The highest BCUT2D eigenvalue weighted by Gasteiger charge is 2.29. The molecule has 2 aromatic heterocycles. The zero-order valence-corrected chi connectivity index (χ0v) is 9.52. The van der Waals surface area contributed by atoms with Crippen molar-refractivity contribution < 1.29 is 22.7 Å². The van der Waals surface area contributed by atoms with E-state index < -0.39 is 18.9 Å². The average Bonchev–Trinajstić information content (AvgIpc) is 2.76. The average molecular weight is 274 g/mol. The zero-order chi connectivity index (χ0) is 13.9. The Labute approximate surface area is 105 Å². The fraction of sp³-hybridized carbons (Fsp3) is 0.300. The minimum atomic E-state index is -4.54. The summed E-state index contributed by atoms with van der Waals surface area (Å²) in [6, 6.07) is 5.21. The van der Waals surface area contributed by atoms with Gasteiger partial charge < -0.3 is 10.1 Å². The molecule has 6 nitrogen and oxygen atoms in total. The number of aromatic nitrogens is 3. The lowest BCUT2D eigenvalue weighted by atomic mass is 10.4. The number of nitrogens with zero attached hydrogens (tertiary/aromatic N) is 3. The van der Waals surface area contributed by atoms with Gasteiger partial charge in [0.1, 0.15) is 0 Å². The number of alkyl halides is 3. The van der Waals surface area contributed by atoms with Gasteiger partial charge in [-0.25, -0.2) is 4.79 Å². The Morgan fingerprint density at radius 2 is 2.16 bits per heavy atom. The molecule has 0 spiro atoms. The van der Waals surface area contributed by atoms with Gasteiger partial charge in [0.15, 0.2) is 18.1 Å². The van der Waals surface area contributed by atoms with Gasteiger partial charge in [-0.2, -0.15) is 13.2 Å². The van der Waals surface area contributed by atoms with Crippen molar-refractivity contribution in [2.75, 3.05) is 6.61 Å². The van der Waals surface area contributed by atoms with E-state index in [0.29, 0.717) is 11.5 Å². The Bertz CT molecular complexity index is 581. The van der Waals surface area contributed by atoms with Gasteiger partial charge in [0.25, 0.3) is 0 Å². The lowest BCUT2D eigenvalue weighted by Crippen LogP contribution is -2.29. The fourth-order valence-corrected chi connectivity index (χ4v) is 1.36. The van der Waals surface area contributed by atoms with Crippen molar-refractivity contribution in [2.24, 2.45) is 0 Å². The molecule has 0 radical (unpaired) electrons. The highest BCUT2D eigenvalue weighted by molar-refractivity contribution is 5.67. The van der Waals surface area contributed by atoms with Gasteiger partial charge in [0.05, 0.1) is 6.54 Å². The van der Waals surface area contributed by atoms with Crippen LogP contribution in [-0.2, 0) is 11.3 Å². The monoisotopic (exact) mass is 274 g/mol. The first-order valence-electron chi connectivity index (χ1n) is 5.22. The highest BCUT2D eigenvalue weighted by Crippen LogP contribution is 2.14. The van der Waals surface area contributed by atoms with Crippen LogP contribution in [0, 0.1) is 0 Å². The minimum absolute atomic E-state index is 0.0815. The summed E-state index contributed by atoms with van der Waals surface area (Å²) in [6.45, 7) is -1.71. The number of ether oxygens (including phenoxy) is 1. The number of amides is 1. The lowest BCUT2D eigenvalue weighted by Gasteiger charge is -2.08. The standard InChI is InChI=1S/C10H9F3N4O2/c11-10(12,13)6-19-9(18)14-5-8-16-15-7-3-1-2-4-17(7)8/h1-4H,5-6H2,(H,14,18). The predicted octanol–water partition coefficient (Wildman–Crippen LogP) is 1.52. The van der Waals surface area contributed by atoms with Gasteiger partial charge in [0.2, 0.25) is 0 Å². The van der Waals surface area contributed by atoms with Crippen LogP contribution in [0.3, 0.4) is 0 Å². The second-order valence-electron chi connectivity index (χ2n) is 3.59. The molecule has 0 atom stereocenters. The van der Waals surface area contributed by atoms with Crippen molar-refractivity contribution in [1.82, 2.24) is 19.9 Å². The van der Waals surface area contributed by atoms with Crippen LogP contribution in [0.15, 0.2) is 24.4 Å². The van der Waals surface area contributed by atoms with Crippen LogP contribution in [-0.4, -0.2) is 33.5 Å². The summed E-state index contributed by atoms with van der Waals surface area (Å²) in [5.74, 6) is 0.388. The number of halogens is 3. The molecule has 0 bridgehead atoms. The topological polar surface area (TPSA) is 68.5 Å². The van der Waals surface area contributed by atoms with Gasteiger partial charge in [-0.05, 0) is 12.1 Å². The van der Waals surface area contributed by atoms with Crippen LogP contribution in [0.4, 0.5) is 18.0 Å². The van der Waals surface area contributed by atoms with Crippen molar-refractivity contribution in [3.05, 3.63) is 30.2 Å². The molecule has 0 aromatic carbocycles. The summed E-state index contributed by atoms with van der Waals surface area (Å²) in [5, 5.41) is 9.78. The number of fused-ring (bicyclic) bond motifs is 1. The van der Waals surface area contributed by atoms with Crippen molar-refractivity contribution in [3.63, 3.8) is 0 Å². The number of carbonyl (C=O) groups is 1. The number of hydrogen-bond donors (Lipinski definition) is 1. The molecule has 0 aliphatic rings. The predicted molar refractivity (Wildman–Crippen MR) is 57.2 cm³/mol. The maximum Gasteiger partial charge on any atom is 0.422 e. The quantitative estimate of drug-likeness (QED) is 0.921. The van der Waals surface area contributed by atoms with Gasteiger partial charge in [-0.1, -0.05) is 6.07 Å². The van der Waals surface area contributed by atoms with Gasteiger partial charge >= 0.3 is 12.3 Å². The van der Waals surface area contributed by atoms with Crippen LogP contribution in [0.25, 0.3) is 5.65 Å². The van der Waals surface area contributed by atoms with Crippen LogP contribution >= 0.6 is 0 Å². The molecular formula is C10H9F3N4O2. The molecule has 2 heterocycles. The first kappa shape index (κ1) is 13.1. The minimum Gasteiger partial charge on any atom is -0.440 e. The number of carbonyl (C=O) groups excluding carboxylic acids is 1. The molecule has 0 aliphatic heterocycles. The van der Waals surface area contributed by atoms with Crippen LogP contribution < -0.4 is 5.32 Å². The maximum absolute atomic E-state index is 11.8. The van der Waals surface area contributed by atoms with Crippen LogP contribution in [0.1, 0.15) is 5.82 Å². The summed E-state index contributed by atoms with van der Waals surface area (Å²) in [4.78, 5) is 11.0. The zero-order valence-electron chi connectivity index (χ0n) is 9.52. The summed E-state index contributed by atoms with van der Waals surface area (Å²) < 4.78 is 41.0. The molecule has 1 amide bonds. The van der Waals surface area contributed by atoms with E-state index in [1.54, 1.807) is 28.8 Å². The molecule has 2 rings (SSSR count). The van der Waals surface area contributed by atoms with E-state index in [1.807, 2.05) is 0 Å². The largest absolute Gasteiger partial charge is 0.440 e. The molecule has 19 heavy (non-hydrogen) atoms. The van der Waals surface area contributed by atoms with Crippen molar-refractivity contribution >= 4 is 11.7 Å². The number of rotatable bonds is 3. The lowest BCUT2D eigenvalue weighted by molar-refractivity contribution is -0.160. The number of pyridine rings is 1. The smallest absolute Gasteiger partial charge is 0.422 e. The van der Waals surface area contributed by atoms with Gasteiger partial charge in [-0.3, -0.25) is 4.40 Å². The van der Waals surface area contributed by atoms with Gasteiger partial charge in [-0.15, -0.1) is 10.2 Å². The summed E-state index contributed by atoms with van der Waals surface area (Å²) in [5.41, 5.74) is 0.572.